The molecular weight excluding hydrogens is 542 g/mol. The van der Waals surface area contributed by atoms with Gasteiger partial charge in [0, 0.05) is 54.0 Å². The van der Waals surface area contributed by atoms with Gasteiger partial charge in [-0.1, -0.05) is 24.3 Å². The van der Waals surface area contributed by atoms with Crippen LogP contribution in [0.1, 0.15) is 70.5 Å². The van der Waals surface area contributed by atoms with Crippen LogP contribution in [0.15, 0.2) is 71.8 Å². The highest BCUT2D eigenvalue weighted by Gasteiger charge is 2.22. The Labute approximate surface area is 257 Å². The molecule has 5 rings (SSSR count). The first-order valence-corrected chi connectivity index (χ1v) is 13.7. The molecule has 1 aliphatic carbocycles. The number of ether oxygens (including phenoxy) is 2. The topological polar surface area (TPSA) is 116 Å². The number of fused-ring (bicyclic) bond motifs is 1. The van der Waals surface area contributed by atoms with Gasteiger partial charge in [-0.3, -0.25) is 10.1 Å². The molecule has 2 amide bonds. The predicted octanol–water partition coefficient (Wildman–Crippen LogP) is 5.70. The van der Waals surface area contributed by atoms with E-state index in [1.54, 1.807) is 6.07 Å². The highest BCUT2D eigenvalue weighted by molar-refractivity contribution is 7.90. The standard InChI is InChI=1S/C31H33N3O6S/c1-20-8-4-7-11-29(20)41(37,38)33-30(35)22-13-12-21(28(17-22)39-3)16-23-19-34(2)27-15-14-24(18-26(23)27)32-31(36)40-25-9-5-6-10-25/h4,7-8,11-15,17-19,25H,5-6,9-10,16H2,1-3H3,(H,32,36)(H,33,35)/i2D3,3D3,5D2,6D2,16D2,25D. The number of hydrogen-bond acceptors (Lipinski definition) is 6. The van der Waals surface area contributed by atoms with Gasteiger partial charge in [-0.05, 0) is 85.6 Å². The number of anilines is 1. The van der Waals surface area contributed by atoms with E-state index in [4.69, 9.17) is 24.6 Å². The molecule has 0 atom stereocenters. The summed E-state index contributed by atoms with van der Waals surface area (Å²) in [5.41, 5.74) is -1.10. The van der Waals surface area contributed by atoms with Gasteiger partial charge in [-0.25, -0.2) is 17.9 Å². The first kappa shape index (κ1) is 16.2. The van der Waals surface area contributed by atoms with Gasteiger partial charge < -0.3 is 14.0 Å². The SMILES string of the molecule is [2H]C([2H])([2H])Oc1cc(C(=O)NS(=O)(=O)c2ccccc2C)ccc1C([2H])([2H])c1cn(C([2H])([2H])[2H])c2ccc(NC(=O)OC3([2H])CC([2H])([2H])C([2H])([2H])C3)cc12. The van der Waals surface area contributed by atoms with Crippen molar-refractivity contribution in [1.82, 2.24) is 9.29 Å². The summed E-state index contributed by atoms with van der Waals surface area (Å²) in [5, 5.41) is 2.21. The van der Waals surface area contributed by atoms with Gasteiger partial charge >= 0.3 is 6.09 Å². The van der Waals surface area contributed by atoms with Crippen LogP contribution in [0.25, 0.3) is 10.9 Å². The fourth-order valence-corrected chi connectivity index (χ4v) is 5.45. The zero-order valence-corrected chi connectivity index (χ0v) is 22.4. The van der Waals surface area contributed by atoms with Gasteiger partial charge in [0.2, 0.25) is 0 Å². The molecule has 0 aliphatic heterocycles. The average Bonchev–Trinajstić information content (AvgIpc) is 3.46. The van der Waals surface area contributed by atoms with Gasteiger partial charge in [0.25, 0.3) is 15.9 Å². The molecule has 0 unspecified atom stereocenters. The molecule has 3 aromatic carbocycles. The number of carbonyl (C=O) groups excluding carboxylic acids is 2. The van der Waals surface area contributed by atoms with E-state index >= 15 is 0 Å². The minimum atomic E-state index is -4.40. The molecule has 4 aromatic rings. The number of amides is 2. The van der Waals surface area contributed by atoms with Crippen molar-refractivity contribution in [1.29, 1.82) is 0 Å². The third kappa shape index (κ3) is 6.22. The van der Waals surface area contributed by atoms with E-state index in [2.05, 4.69) is 5.32 Å². The van der Waals surface area contributed by atoms with Crippen molar-refractivity contribution < 1.29 is 45.3 Å². The molecule has 1 aromatic heterocycles. The molecule has 1 fully saturated rings. The Morgan fingerprint density at radius 1 is 1.12 bits per heavy atom. The Bertz CT molecular complexity index is 2240. The fourth-order valence-electron chi connectivity index (χ4n) is 4.23. The molecule has 9 nitrogen and oxygen atoms in total. The predicted molar refractivity (Wildman–Crippen MR) is 157 cm³/mol. The first-order chi connectivity index (χ1) is 24.6. The van der Waals surface area contributed by atoms with Gasteiger partial charge in [-0.2, -0.15) is 0 Å². The minimum Gasteiger partial charge on any atom is -0.496 e. The quantitative estimate of drug-likeness (QED) is 0.273. The van der Waals surface area contributed by atoms with E-state index < -0.39 is 91.0 Å². The van der Waals surface area contributed by atoms with Gasteiger partial charge in [-0.15, -0.1) is 0 Å². The molecule has 0 saturated heterocycles. The summed E-state index contributed by atoms with van der Waals surface area (Å²) in [6.45, 7) is -1.36. The lowest BCUT2D eigenvalue weighted by atomic mass is 10.0. The largest absolute Gasteiger partial charge is 0.496 e. The Kier molecular flexibility index (Phi) is 4.61. The second-order valence-corrected chi connectivity index (χ2v) is 10.7. The highest BCUT2D eigenvalue weighted by Crippen LogP contribution is 2.30. The maximum absolute atomic E-state index is 13.2. The van der Waals surface area contributed by atoms with Crippen LogP contribution in [0.5, 0.6) is 5.75 Å². The molecule has 41 heavy (non-hydrogen) atoms. The van der Waals surface area contributed by atoms with Crippen molar-refractivity contribution >= 4 is 38.6 Å². The zero-order valence-electron chi connectivity index (χ0n) is 34.6. The third-order valence-electron chi connectivity index (χ3n) is 6.22. The molecule has 10 heteroatoms. The molecule has 2 N–H and O–H groups in total. The zero-order chi connectivity index (χ0) is 40.4. The Balaban J connectivity index is 1.54. The van der Waals surface area contributed by atoms with E-state index in [9.17, 15) is 20.7 Å². The Morgan fingerprint density at radius 3 is 2.68 bits per heavy atom. The number of nitrogens with one attached hydrogen (secondary N) is 2. The van der Waals surface area contributed by atoms with E-state index in [-0.39, 0.29) is 27.0 Å². The number of methoxy groups -OCH3 is 1. The monoisotopic (exact) mass is 588 g/mol. The smallest absolute Gasteiger partial charge is 0.411 e. The number of benzene rings is 3. The number of aryl methyl sites for hydroxylation is 2. The molecule has 1 saturated carbocycles. The summed E-state index contributed by atoms with van der Waals surface area (Å²) in [4.78, 5) is 25.8. The molecule has 0 spiro atoms. The molecular formula is C31H33N3O6S. The summed E-state index contributed by atoms with van der Waals surface area (Å²) in [6.07, 6.45) is -11.8. The number of carbonyl (C=O) groups is 2. The van der Waals surface area contributed by atoms with Crippen molar-refractivity contribution in [3.63, 3.8) is 0 Å². The highest BCUT2D eigenvalue weighted by atomic mass is 32.2. The van der Waals surface area contributed by atoms with Crippen molar-refractivity contribution in [2.75, 3.05) is 12.4 Å². The van der Waals surface area contributed by atoms with Crippen molar-refractivity contribution in [2.24, 2.45) is 6.98 Å². The Hall–Kier alpha value is -4.31. The van der Waals surface area contributed by atoms with E-state index in [1.807, 2.05) is 4.72 Å². The van der Waals surface area contributed by atoms with Crippen LogP contribution in [0.4, 0.5) is 10.5 Å². The number of rotatable bonds is 8. The first-order valence-electron chi connectivity index (χ1n) is 18.7. The number of aromatic nitrogens is 1. The fraction of sp³-hybridized carbons (Fsp3) is 0.290. The van der Waals surface area contributed by atoms with Crippen LogP contribution in [0, 0.1) is 6.92 Å². The van der Waals surface area contributed by atoms with Crippen LogP contribution < -0.4 is 14.8 Å². The second kappa shape index (κ2) is 11.7. The van der Waals surface area contributed by atoms with Crippen molar-refractivity contribution in [2.45, 2.75) is 49.9 Å². The lowest BCUT2D eigenvalue weighted by Gasteiger charge is -2.13. The van der Waals surface area contributed by atoms with Crippen LogP contribution in [0.3, 0.4) is 0 Å². The van der Waals surface area contributed by atoms with E-state index in [0.717, 1.165) is 29.0 Å². The molecule has 1 heterocycles. The normalized spacial score (nSPS) is 22.6. The van der Waals surface area contributed by atoms with Crippen molar-refractivity contribution in [3.8, 4) is 5.75 Å². The molecule has 0 radical (unpaired) electrons. The summed E-state index contributed by atoms with van der Waals surface area (Å²) in [6, 6.07) is 12.3. The van der Waals surface area contributed by atoms with Crippen LogP contribution in [0.2, 0.25) is 0 Å². The van der Waals surface area contributed by atoms with E-state index in [1.165, 1.54) is 43.3 Å². The summed E-state index contributed by atoms with van der Waals surface area (Å²) in [7, 11) is -7.60. The molecule has 0 bridgehead atoms. The summed E-state index contributed by atoms with van der Waals surface area (Å²) >= 11 is 0. The van der Waals surface area contributed by atoms with Crippen molar-refractivity contribution in [3.05, 3.63) is 89.1 Å². The minimum absolute atomic E-state index is 0.0577. The van der Waals surface area contributed by atoms with E-state index in [0.29, 0.717) is 5.56 Å². The number of sulfonamides is 1. The maximum Gasteiger partial charge on any atom is 0.411 e. The summed E-state index contributed by atoms with van der Waals surface area (Å²) in [5.74, 6) is -1.90. The maximum atomic E-state index is 13.2. The van der Waals surface area contributed by atoms with Gasteiger partial charge in [0.15, 0.2) is 0 Å². The second-order valence-electron chi connectivity index (χ2n) is 9.04. The Morgan fingerprint density at radius 2 is 1.93 bits per heavy atom. The van der Waals surface area contributed by atoms with Crippen LogP contribution >= 0.6 is 0 Å². The lowest BCUT2D eigenvalue weighted by molar-refractivity contribution is 0.0980. The molecule has 214 valence electrons. The summed E-state index contributed by atoms with van der Waals surface area (Å²) < 4.78 is 144. The van der Waals surface area contributed by atoms with Crippen LogP contribution in [-0.2, 0) is 28.1 Å². The third-order valence-corrected chi connectivity index (χ3v) is 7.71. The van der Waals surface area contributed by atoms with Gasteiger partial charge in [0.1, 0.15) is 11.8 Å². The molecule has 1 aliphatic rings. The number of nitrogens with zero attached hydrogens (tertiary/aromatic N) is 1. The van der Waals surface area contributed by atoms with Gasteiger partial charge in [0.05, 0.1) is 17.4 Å². The average molecular weight is 589 g/mol. The van der Waals surface area contributed by atoms with Crippen LogP contribution in [-0.4, -0.2) is 38.1 Å². The number of hydrogen-bond donors (Lipinski definition) is 2. The lowest BCUT2D eigenvalue weighted by Crippen LogP contribution is -2.31.